The second kappa shape index (κ2) is 6.02. The zero-order chi connectivity index (χ0) is 13.3. The van der Waals surface area contributed by atoms with Crippen molar-refractivity contribution in [2.24, 2.45) is 12.8 Å². The van der Waals surface area contributed by atoms with Crippen LogP contribution in [-0.4, -0.2) is 9.78 Å². The number of halogens is 2. The predicted octanol–water partition coefficient (Wildman–Crippen LogP) is 3.65. The van der Waals surface area contributed by atoms with Gasteiger partial charge >= 0.3 is 0 Å². The highest BCUT2D eigenvalue weighted by molar-refractivity contribution is 14.1. The number of nitrogens with zero attached hydrogens (tertiary/aromatic N) is 2. The lowest BCUT2D eigenvalue weighted by Crippen LogP contribution is -2.15. The van der Waals surface area contributed by atoms with Gasteiger partial charge in [-0.15, -0.1) is 11.3 Å². The molecule has 2 aromatic heterocycles. The minimum atomic E-state index is 0.0289. The van der Waals surface area contributed by atoms with Crippen molar-refractivity contribution in [1.82, 2.24) is 9.78 Å². The zero-order valence-electron chi connectivity index (χ0n) is 10.3. The van der Waals surface area contributed by atoms with Crippen molar-refractivity contribution in [3.63, 3.8) is 0 Å². The molecule has 1 unspecified atom stereocenters. The van der Waals surface area contributed by atoms with E-state index in [1.54, 1.807) is 11.3 Å². The molecule has 0 aromatic carbocycles. The fourth-order valence-corrected chi connectivity index (χ4v) is 4.10. The van der Waals surface area contributed by atoms with E-state index in [2.05, 4.69) is 62.0 Å². The molecular formula is C12H15BrIN3S. The highest BCUT2D eigenvalue weighted by Gasteiger charge is 2.17. The molecule has 0 aliphatic rings. The number of aryl methyl sites for hydroxylation is 2. The van der Waals surface area contributed by atoms with Gasteiger partial charge in [-0.25, -0.2) is 0 Å². The smallest absolute Gasteiger partial charge is 0.0766 e. The van der Waals surface area contributed by atoms with Gasteiger partial charge in [-0.1, -0.05) is 6.92 Å². The van der Waals surface area contributed by atoms with E-state index in [0.29, 0.717) is 0 Å². The second-order valence-corrected chi connectivity index (χ2v) is 7.78. The third-order valence-corrected chi connectivity index (χ3v) is 5.65. The summed E-state index contributed by atoms with van der Waals surface area (Å²) in [5, 5.41) is 6.63. The number of nitrogens with two attached hydrogens (primary N) is 1. The van der Waals surface area contributed by atoms with E-state index in [0.717, 1.165) is 23.0 Å². The lowest BCUT2D eigenvalue weighted by molar-refractivity contribution is 0.638. The van der Waals surface area contributed by atoms with Gasteiger partial charge in [-0.3, -0.25) is 4.68 Å². The topological polar surface area (TPSA) is 43.8 Å². The van der Waals surface area contributed by atoms with Crippen LogP contribution in [0.2, 0.25) is 0 Å². The van der Waals surface area contributed by atoms with Crippen LogP contribution in [0.5, 0.6) is 0 Å². The average Bonchev–Trinajstić information content (AvgIpc) is 2.87. The van der Waals surface area contributed by atoms with E-state index in [4.69, 9.17) is 5.73 Å². The molecule has 6 heteroatoms. The van der Waals surface area contributed by atoms with Gasteiger partial charge in [0.15, 0.2) is 0 Å². The summed E-state index contributed by atoms with van der Waals surface area (Å²) in [6.45, 7) is 2.11. The fourth-order valence-electron chi connectivity index (χ4n) is 1.89. The number of hydrogen-bond acceptors (Lipinski definition) is 3. The van der Waals surface area contributed by atoms with Gasteiger partial charge in [-0.05, 0) is 62.0 Å². The molecule has 2 heterocycles. The van der Waals surface area contributed by atoms with Crippen LogP contribution >= 0.6 is 49.9 Å². The molecule has 0 aliphatic heterocycles. The first-order valence-corrected chi connectivity index (χ1v) is 8.47. The molecule has 3 nitrogen and oxygen atoms in total. The maximum atomic E-state index is 6.27. The van der Waals surface area contributed by atoms with Gasteiger partial charge in [-0.2, -0.15) is 5.10 Å². The number of rotatable bonds is 4. The van der Waals surface area contributed by atoms with E-state index in [9.17, 15) is 0 Å². The summed E-state index contributed by atoms with van der Waals surface area (Å²) >= 11 is 7.69. The van der Waals surface area contributed by atoms with E-state index in [1.807, 2.05) is 11.7 Å². The number of aromatic nitrogens is 2. The molecule has 0 bridgehead atoms. The third-order valence-electron chi connectivity index (χ3n) is 2.93. The van der Waals surface area contributed by atoms with E-state index in [-0.39, 0.29) is 6.04 Å². The highest BCUT2D eigenvalue weighted by Crippen LogP contribution is 2.28. The number of thiophene rings is 1. The van der Waals surface area contributed by atoms with Gasteiger partial charge in [0, 0.05) is 19.5 Å². The summed E-state index contributed by atoms with van der Waals surface area (Å²) in [5.41, 5.74) is 9.74. The van der Waals surface area contributed by atoms with Gasteiger partial charge in [0.1, 0.15) is 0 Å². The summed E-state index contributed by atoms with van der Waals surface area (Å²) in [7, 11) is 1.98. The average molecular weight is 440 g/mol. The van der Waals surface area contributed by atoms with Crippen LogP contribution in [0.15, 0.2) is 15.9 Å². The molecule has 0 saturated carbocycles. The van der Waals surface area contributed by atoms with Crippen LogP contribution in [0.25, 0.3) is 0 Å². The monoisotopic (exact) mass is 439 g/mol. The lowest BCUT2D eigenvalue weighted by atomic mass is 10.1. The number of hydrogen-bond donors (Lipinski definition) is 1. The van der Waals surface area contributed by atoms with Crippen molar-refractivity contribution in [1.29, 1.82) is 0 Å². The Hall–Kier alpha value is 0.0800. The Kier molecular flexibility index (Phi) is 4.85. The molecule has 2 rings (SSSR count). The SMILES string of the molecule is CCc1nn(C)c(CC(N)c2csc(I)c2)c1Br. The van der Waals surface area contributed by atoms with Gasteiger partial charge in [0.2, 0.25) is 0 Å². The molecule has 0 spiro atoms. The normalized spacial score (nSPS) is 12.9. The minimum absolute atomic E-state index is 0.0289. The molecule has 2 aromatic rings. The van der Waals surface area contributed by atoms with Crippen molar-refractivity contribution in [3.8, 4) is 0 Å². The quantitative estimate of drug-likeness (QED) is 0.739. The van der Waals surface area contributed by atoms with Crippen LogP contribution in [-0.2, 0) is 19.9 Å². The molecule has 0 amide bonds. The van der Waals surface area contributed by atoms with E-state index < -0.39 is 0 Å². The van der Waals surface area contributed by atoms with Gasteiger partial charge < -0.3 is 5.73 Å². The Labute approximate surface area is 133 Å². The summed E-state index contributed by atoms with van der Waals surface area (Å²) in [4.78, 5) is 0. The highest BCUT2D eigenvalue weighted by atomic mass is 127. The second-order valence-electron chi connectivity index (χ2n) is 4.18. The zero-order valence-corrected chi connectivity index (χ0v) is 14.8. The summed E-state index contributed by atoms with van der Waals surface area (Å²) < 4.78 is 4.31. The van der Waals surface area contributed by atoms with Crippen molar-refractivity contribution < 1.29 is 0 Å². The third kappa shape index (κ3) is 2.97. The molecule has 98 valence electrons. The Morgan fingerprint density at radius 3 is 2.83 bits per heavy atom. The van der Waals surface area contributed by atoms with Crippen molar-refractivity contribution in [3.05, 3.63) is 35.8 Å². The van der Waals surface area contributed by atoms with Crippen LogP contribution in [0.1, 0.15) is 29.9 Å². The minimum Gasteiger partial charge on any atom is -0.324 e. The van der Waals surface area contributed by atoms with Crippen molar-refractivity contribution in [2.75, 3.05) is 0 Å². The molecule has 1 atom stereocenters. The van der Waals surface area contributed by atoms with Crippen molar-refractivity contribution >= 4 is 49.9 Å². The maximum absolute atomic E-state index is 6.27. The van der Waals surface area contributed by atoms with Gasteiger partial charge in [0.05, 0.1) is 18.7 Å². The predicted molar refractivity (Wildman–Crippen MR) is 88.0 cm³/mol. The summed E-state index contributed by atoms with van der Waals surface area (Å²) in [6.07, 6.45) is 1.73. The first kappa shape index (κ1) is 14.5. The van der Waals surface area contributed by atoms with Crippen LogP contribution in [0, 0.1) is 2.88 Å². The van der Waals surface area contributed by atoms with E-state index >= 15 is 0 Å². The van der Waals surface area contributed by atoms with Crippen LogP contribution in [0.4, 0.5) is 0 Å². The standard InChI is InChI=1S/C12H15BrIN3S/c1-3-9-12(13)10(17(2)16-9)5-8(15)7-4-11(14)18-6-7/h4,6,8H,3,5,15H2,1-2H3. The molecule has 0 fully saturated rings. The molecular weight excluding hydrogens is 425 g/mol. The van der Waals surface area contributed by atoms with Crippen LogP contribution in [0.3, 0.4) is 0 Å². The molecule has 0 radical (unpaired) electrons. The Morgan fingerprint density at radius 2 is 2.33 bits per heavy atom. The fraction of sp³-hybridized carbons (Fsp3) is 0.417. The molecule has 0 aliphatic carbocycles. The molecule has 18 heavy (non-hydrogen) atoms. The van der Waals surface area contributed by atoms with Gasteiger partial charge in [0.25, 0.3) is 0 Å². The Morgan fingerprint density at radius 1 is 1.61 bits per heavy atom. The first-order chi connectivity index (χ1) is 8.52. The first-order valence-electron chi connectivity index (χ1n) is 5.72. The Balaban J connectivity index is 2.21. The molecule has 0 saturated heterocycles. The van der Waals surface area contributed by atoms with E-state index in [1.165, 1.54) is 14.1 Å². The largest absolute Gasteiger partial charge is 0.324 e. The summed E-state index contributed by atoms with van der Waals surface area (Å²) in [6, 6.07) is 2.18. The summed E-state index contributed by atoms with van der Waals surface area (Å²) in [5.74, 6) is 0. The lowest BCUT2D eigenvalue weighted by Gasteiger charge is -2.10. The van der Waals surface area contributed by atoms with Crippen molar-refractivity contribution in [2.45, 2.75) is 25.8 Å². The maximum Gasteiger partial charge on any atom is 0.0766 e. The Bertz CT molecular complexity index is 550. The van der Waals surface area contributed by atoms with Crippen LogP contribution < -0.4 is 5.73 Å². The molecule has 2 N–H and O–H groups in total.